The molecule has 0 aliphatic carbocycles. The zero-order chi connectivity index (χ0) is 41.5. The first kappa shape index (κ1) is 59.8. The average Bonchev–Trinajstić information content (AvgIpc) is 3.08. The number of nitro benzene ring substituents is 1. The summed E-state index contributed by atoms with van der Waals surface area (Å²) in [7, 11) is -21.4. The molecule has 23 nitrogen and oxygen atoms in total. The van der Waals surface area contributed by atoms with Crippen molar-refractivity contribution in [2.75, 3.05) is 5.73 Å². The maximum Gasteiger partial charge on any atom is 1.00 e. The molecule has 0 spiro atoms. The number of aromatic hydroxyl groups is 1. The average molecular weight is 961 g/mol. The number of nitrogens with two attached hydrogens (primary N) is 1. The molecule has 0 fully saturated rings. The van der Waals surface area contributed by atoms with Crippen LogP contribution in [0.2, 0.25) is 0 Å². The molecule has 5 aromatic carbocycles. The van der Waals surface area contributed by atoms with Crippen molar-refractivity contribution in [2.45, 2.75) is 26.5 Å². The molecule has 5 aromatic rings. The Morgan fingerprint density at radius 2 is 1.16 bits per heavy atom. The molecule has 0 radical (unpaired) electrons. The van der Waals surface area contributed by atoms with Crippen molar-refractivity contribution >= 4 is 96.7 Å². The van der Waals surface area contributed by atoms with Crippen LogP contribution >= 0.6 is 0 Å². The second kappa shape index (κ2) is 23.3. The molecular weight excluding hydrogens is 944 g/mol. The summed E-state index contributed by atoms with van der Waals surface area (Å²) in [6.45, 7) is 1.50. The number of benzene rings is 5. The van der Waals surface area contributed by atoms with E-state index in [1.165, 1.54) is 37.3 Å². The van der Waals surface area contributed by atoms with Crippen LogP contribution in [-0.4, -0.2) is 61.9 Å². The smallest absolute Gasteiger partial charge is 0.754 e. The number of phenolic OH excluding ortho intramolecular Hbond substituents is 1. The van der Waals surface area contributed by atoms with Gasteiger partial charge in [0.05, 0.1) is 52.2 Å². The van der Waals surface area contributed by atoms with Gasteiger partial charge in [-0.15, -0.1) is 21.4 Å². The zero-order valence-electron chi connectivity index (χ0n) is 32.4. The minimum Gasteiger partial charge on any atom is -0.754 e. The number of hydrogen-bond donors (Lipinski definition) is 2. The maximum absolute atomic E-state index is 12.4. The number of fused-ring (bicyclic) bond motifs is 1. The van der Waals surface area contributed by atoms with E-state index in [9.17, 15) is 67.1 Å². The summed E-state index contributed by atoms with van der Waals surface area (Å²) in [5.41, 5.74) is 1.96. The van der Waals surface area contributed by atoms with Crippen molar-refractivity contribution in [3.05, 3.63) is 88.5 Å². The summed E-state index contributed by atoms with van der Waals surface area (Å²) in [4.78, 5) is 5.96. The fraction of sp³-hybridized carbons (Fsp3) is 0.0345. The van der Waals surface area contributed by atoms with Gasteiger partial charge in [0.25, 0.3) is 5.69 Å². The Bertz CT molecular complexity index is 3070. The molecule has 3 N–H and O–H groups in total. The molecule has 292 valence electrons. The van der Waals surface area contributed by atoms with Gasteiger partial charge in [0.15, 0.2) is 11.4 Å². The van der Waals surface area contributed by atoms with E-state index in [4.69, 9.17) is 5.73 Å². The number of nitrogens with zero attached hydrogens (tertiary/aromatic N) is 7. The Labute approximate surface area is 456 Å². The van der Waals surface area contributed by atoms with E-state index < -0.39 is 110 Å². The van der Waals surface area contributed by atoms with Gasteiger partial charge >= 0.3 is 148 Å². The molecule has 0 saturated carbocycles. The number of rotatable bonds is 11. The largest absolute Gasteiger partial charge is 1.00 e. The number of anilines is 1. The predicted octanol–water partition coefficient (Wildman–Crippen LogP) is -9.97. The number of phenols is 1. The van der Waals surface area contributed by atoms with Gasteiger partial charge in [-0.25, -0.2) is 25.3 Å². The summed E-state index contributed by atoms with van der Waals surface area (Å²) in [6, 6.07) is 12.3. The Hall–Kier alpha value is -1.20. The third-order valence-corrected chi connectivity index (χ3v) is 10.8. The number of azo groups is 3. The zero-order valence-corrected chi connectivity index (χ0v) is 45.6. The first-order chi connectivity index (χ1) is 25.9. The van der Waals surface area contributed by atoms with E-state index in [1.54, 1.807) is 0 Å². The minimum absolute atomic E-state index is 0. The summed E-state index contributed by atoms with van der Waals surface area (Å²) >= 11 is 0. The van der Waals surface area contributed by atoms with E-state index >= 15 is 0 Å². The van der Waals surface area contributed by atoms with E-state index in [0.29, 0.717) is 35.9 Å². The molecule has 0 aliphatic rings. The van der Waals surface area contributed by atoms with E-state index in [2.05, 4.69) is 36.8 Å². The first-order valence-corrected chi connectivity index (χ1v) is 20.1. The Morgan fingerprint density at radius 1 is 0.623 bits per heavy atom. The molecule has 0 aliphatic heterocycles. The van der Waals surface area contributed by atoms with Gasteiger partial charge in [0.1, 0.15) is 41.7 Å². The van der Waals surface area contributed by atoms with Gasteiger partial charge < -0.3 is 29.1 Å². The van der Waals surface area contributed by atoms with Gasteiger partial charge in [0.2, 0.25) is 0 Å². The molecule has 0 aromatic heterocycles. The summed E-state index contributed by atoms with van der Waals surface area (Å²) in [5, 5.41) is 43.4. The maximum atomic E-state index is 12.4. The molecule has 0 saturated heterocycles. The number of aryl methyl sites for hydroxylation is 1. The Balaban J connectivity index is 0.00000720. The normalized spacial score (nSPS) is 12.0. The SMILES string of the molecule is Cc1cc(N=Nc2cc[c-]cc2S(=O)(=O)[O-])ccc1N=Nc1cc(S(=O)(=O)[O-])c2cc(S(=O)(=O)[O-])c(N=Nc3ccc(S(=O)(=O)[O-])cc3[N+](=O)[O-])c(O)c2c1N.[Na+].[Na+].[Na+].[Na+].[Na+]. The van der Waals surface area contributed by atoms with Crippen LogP contribution in [0.3, 0.4) is 0 Å². The van der Waals surface area contributed by atoms with E-state index in [0.717, 1.165) is 6.07 Å². The second-order valence-electron chi connectivity index (χ2n) is 11.0. The predicted molar refractivity (Wildman–Crippen MR) is 184 cm³/mol. The van der Waals surface area contributed by atoms with Crippen molar-refractivity contribution in [2.24, 2.45) is 30.7 Å². The molecular formula is C29H17N8Na5O15S4. The van der Waals surface area contributed by atoms with E-state index in [-0.39, 0.29) is 165 Å². The minimum atomic E-state index is -5.73. The van der Waals surface area contributed by atoms with Crippen LogP contribution in [0.4, 0.5) is 45.5 Å². The van der Waals surface area contributed by atoms with E-state index in [1.807, 2.05) is 0 Å². The van der Waals surface area contributed by atoms with Crippen molar-refractivity contribution in [3.63, 3.8) is 0 Å². The van der Waals surface area contributed by atoms with Crippen LogP contribution < -0.4 is 154 Å². The van der Waals surface area contributed by atoms with Crippen molar-refractivity contribution in [1.82, 2.24) is 0 Å². The van der Waals surface area contributed by atoms with Gasteiger partial charge in [-0.2, -0.15) is 33.5 Å². The van der Waals surface area contributed by atoms with Crippen LogP contribution in [0, 0.1) is 23.1 Å². The second-order valence-corrected chi connectivity index (χ2v) is 16.4. The van der Waals surface area contributed by atoms with Gasteiger partial charge in [-0.3, -0.25) is 18.5 Å². The third kappa shape index (κ3) is 14.4. The van der Waals surface area contributed by atoms with Crippen molar-refractivity contribution in [3.8, 4) is 5.75 Å². The summed E-state index contributed by atoms with van der Waals surface area (Å²) in [5.74, 6) is -1.38. The number of nitro groups is 1. The van der Waals surface area contributed by atoms with Crippen LogP contribution in [0.15, 0.2) is 117 Å². The fourth-order valence-electron chi connectivity index (χ4n) is 4.80. The summed E-state index contributed by atoms with van der Waals surface area (Å²) in [6.07, 6.45) is 0. The van der Waals surface area contributed by atoms with Crippen LogP contribution in [-0.2, 0) is 40.5 Å². The molecule has 0 bridgehead atoms. The topological polar surface area (TPSA) is 392 Å². The standard InChI is InChI=1S/C29H21N8O15S4.5Na/c1-14-10-15(31-34-20-4-2-3-5-23(20)54(44,45)46)6-8-18(14)32-35-21-13-24(55(47,48)49)17-12-25(56(50,51)52)28(29(38)26(17)27(21)30)36-33-19-9-7-16(53(41,42)43)11-22(19)37(39)40;;;;;/h2,4-13,38H,30H2,1H3,(H,41,42,43)(H,44,45,46)(H,47,48,49)(H,50,51,52);;;;;/q-1;5*+1/p-4. The first-order valence-electron chi connectivity index (χ1n) is 14.5. The number of hydrogen-bond acceptors (Lipinski definition) is 22. The van der Waals surface area contributed by atoms with Gasteiger partial charge in [-0.1, -0.05) is 0 Å². The van der Waals surface area contributed by atoms with Crippen LogP contribution in [0.5, 0.6) is 5.75 Å². The van der Waals surface area contributed by atoms with Crippen LogP contribution in [0.25, 0.3) is 10.8 Å². The summed E-state index contributed by atoms with van der Waals surface area (Å²) < 4.78 is 142. The quantitative estimate of drug-likeness (QED) is 0.0236. The van der Waals surface area contributed by atoms with Gasteiger partial charge in [-0.05, 0) is 65.5 Å². The van der Waals surface area contributed by atoms with Crippen molar-refractivity contribution in [1.29, 1.82) is 0 Å². The molecule has 61 heavy (non-hydrogen) atoms. The molecule has 0 atom stereocenters. The monoisotopic (exact) mass is 960 g/mol. The molecule has 0 amide bonds. The Morgan fingerprint density at radius 3 is 1.70 bits per heavy atom. The molecule has 32 heteroatoms. The molecule has 0 unspecified atom stereocenters. The van der Waals surface area contributed by atoms with Crippen molar-refractivity contribution < 1.29 is 210 Å². The number of nitrogen functional groups attached to an aromatic ring is 1. The third-order valence-electron chi connectivity index (χ3n) is 7.34. The Kier molecular flexibility index (Phi) is 22.9. The van der Waals surface area contributed by atoms with Crippen LogP contribution in [0.1, 0.15) is 5.56 Å². The fourth-order valence-corrected chi connectivity index (χ4v) is 7.19. The molecule has 0 heterocycles. The molecule has 5 rings (SSSR count). The van der Waals surface area contributed by atoms with Gasteiger partial charge in [0, 0.05) is 11.5 Å².